The van der Waals surface area contributed by atoms with Crippen LogP contribution in [0.4, 0.5) is 0 Å². The van der Waals surface area contributed by atoms with Crippen LogP contribution in [0, 0.1) is 5.92 Å². The van der Waals surface area contributed by atoms with Crippen molar-refractivity contribution < 1.29 is 9.59 Å². The number of hydrogen-bond donors (Lipinski definition) is 2. The number of rotatable bonds is 5. The minimum absolute atomic E-state index is 0.0724. The number of amides is 2. The quantitative estimate of drug-likeness (QED) is 0.710. The molecule has 0 unspecified atom stereocenters. The third-order valence-corrected chi connectivity index (χ3v) is 3.10. The summed E-state index contributed by atoms with van der Waals surface area (Å²) in [7, 11) is 1.69. The van der Waals surface area contributed by atoms with Gasteiger partial charge in [-0.15, -0.1) is 0 Å². The maximum absolute atomic E-state index is 11.9. The average molecular weight is 241 g/mol. The summed E-state index contributed by atoms with van der Waals surface area (Å²) < 4.78 is 0. The Labute approximate surface area is 103 Å². The molecule has 0 aromatic carbocycles. The van der Waals surface area contributed by atoms with Gasteiger partial charge >= 0.3 is 0 Å². The number of likely N-dealkylation sites (N-methyl/N-ethyl adjacent to an activating group) is 2. The van der Waals surface area contributed by atoms with Gasteiger partial charge in [0.25, 0.3) is 0 Å². The summed E-state index contributed by atoms with van der Waals surface area (Å²) >= 11 is 0. The van der Waals surface area contributed by atoms with Crippen molar-refractivity contribution in [3.05, 3.63) is 0 Å². The van der Waals surface area contributed by atoms with Crippen molar-refractivity contribution in [2.24, 2.45) is 5.92 Å². The highest BCUT2D eigenvalue weighted by Gasteiger charge is 2.19. The van der Waals surface area contributed by atoms with Crippen molar-refractivity contribution in [1.82, 2.24) is 15.5 Å². The zero-order valence-corrected chi connectivity index (χ0v) is 10.8. The molecule has 0 aromatic heterocycles. The van der Waals surface area contributed by atoms with Crippen molar-refractivity contribution in [2.75, 3.05) is 33.2 Å². The molecular weight excluding hydrogens is 218 g/mol. The molecule has 2 amide bonds. The van der Waals surface area contributed by atoms with Crippen LogP contribution in [0.2, 0.25) is 0 Å². The Hall–Kier alpha value is -1.10. The van der Waals surface area contributed by atoms with Gasteiger partial charge in [0.15, 0.2) is 0 Å². The van der Waals surface area contributed by atoms with Gasteiger partial charge in [0.05, 0.1) is 6.54 Å². The van der Waals surface area contributed by atoms with E-state index in [9.17, 15) is 9.59 Å². The number of carbonyl (C=O) groups excluding carboxylic acids is 2. The zero-order valence-electron chi connectivity index (χ0n) is 10.8. The molecular formula is C12H23N3O2. The smallest absolute Gasteiger partial charge is 0.239 e. The molecule has 0 spiro atoms. The maximum Gasteiger partial charge on any atom is 0.239 e. The summed E-state index contributed by atoms with van der Waals surface area (Å²) in [6.45, 7) is 4.64. The normalized spacial score (nSPS) is 16.6. The molecule has 0 saturated carbocycles. The topological polar surface area (TPSA) is 61.4 Å². The van der Waals surface area contributed by atoms with Gasteiger partial charge in [0.2, 0.25) is 11.8 Å². The molecule has 1 fully saturated rings. The lowest BCUT2D eigenvalue weighted by Gasteiger charge is -2.24. The first-order chi connectivity index (χ1) is 8.13. The molecule has 1 aliphatic heterocycles. The number of nitrogens with zero attached hydrogens (tertiary/aromatic N) is 1. The van der Waals surface area contributed by atoms with E-state index < -0.39 is 0 Å². The Balaban J connectivity index is 2.28. The molecule has 0 radical (unpaired) electrons. The minimum atomic E-state index is -0.0892. The fraction of sp³-hybridized carbons (Fsp3) is 0.833. The Kier molecular flexibility index (Phi) is 5.97. The van der Waals surface area contributed by atoms with Gasteiger partial charge in [-0.25, -0.2) is 0 Å². The third-order valence-electron chi connectivity index (χ3n) is 3.10. The van der Waals surface area contributed by atoms with Gasteiger partial charge in [-0.3, -0.25) is 9.59 Å². The summed E-state index contributed by atoms with van der Waals surface area (Å²) in [4.78, 5) is 24.7. The SMILES string of the molecule is CCNC(=O)CN(C)C(=O)CC1CCNCC1. The van der Waals surface area contributed by atoms with Gasteiger partial charge in [0, 0.05) is 20.0 Å². The second-order valence-electron chi connectivity index (χ2n) is 4.60. The number of carbonyl (C=O) groups is 2. The van der Waals surface area contributed by atoms with Crippen LogP contribution in [0.15, 0.2) is 0 Å². The van der Waals surface area contributed by atoms with E-state index in [0.717, 1.165) is 25.9 Å². The first-order valence-corrected chi connectivity index (χ1v) is 6.34. The molecule has 0 atom stereocenters. The fourth-order valence-electron chi connectivity index (χ4n) is 2.05. The van der Waals surface area contributed by atoms with Gasteiger partial charge in [-0.2, -0.15) is 0 Å². The predicted octanol–water partition coefficient (Wildman–Crippen LogP) is -0.0294. The van der Waals surface area contributed by atoms with Crippen LogP contribution in [-0.2, 0) is 9.59 Å². The second kappa shape index (κ2) is 7.27. The maximum atomic E-state index is 11.9. The van der Waals surface area contributed by atoms with Crippen LogP contribution >= 0.6 is 0 Å². The summed E-state index contributed by atoms with van der Waals surface area (Å²) in [5.41, 5.74) is 0. The van der Waals surface area contributed by atoms with Gasteiger partial charge < -0.3 is 15.5 Å². The number of hydrogen-bond acceptors (Lipinski definition) is 3. The molecule has 2 N–H and O–H groups in total. The van der Waals surface area contributed by atoms with E-state index in [1.165, 1.54) is 4.90 Å². The summed E-state index contributed by atoms with van der Waals surface area (Å²) in [6, 6.07) is 0. The average Bonchev–Trinajstić information content (AvgIpc) is 2.30. The summed E-state index contributed by atoms with van der Waals surface area (Å²) in [6.07, 6.45) is 2.68. The molecule has 1 rings (SSSR count). The molecule has 1 aliphatic rings. The van der Waals surface area contributed by atoms with Crippen LogP contribution in [0.1, 0.15) is 26.2 Å². The standard InChI is InChI=1S/C12H23N3O2/c1-3-14-11(16)9-15(2)12(17)8-10-4-6-13-7-5-10/h10,13H,3-9H2,1-2H3,(H,14,16). The summed E-state index contributed by atoms with van der Waals surface area (Å²) in [5, 5.41) is 5.97. The lowest BCUT2D eigenvalue weighted by molar-refractivity contribution is -0.135. The monoisotopic (exact) mass is 241 g/mol. The van der Waals surface area contributed by atoms with E-state index in [2.05, 4.69) is 10.6 Å². The largest absolute Gasteiger partial charge is 0.355 e. The van der Waals surface area contributed by atoms with Crippen molar-refractivity contribution in [1.29, 1.82) is 0 Å². The molecule has 1 heterocycles. The summed E-state index contributed by atoms with van der Waals surface area (Å²) in [5.74, 6) is 0.456. The Bertz CT molecular complexity index is 262. The van der Waals surface area contributed by atoms with E-state index >= 15 is 0 Å². The molecule has 5 heteroatoms. The van der Waals surface area contributed by atoms with E-state index in [1.807, 2.05) is 6.92 Å². The zero-order chi connectivity index (χ0) is 12.7. The highest BCUT2D eigenvalue weighted by molar-refractivity contribution is 5.84. The highest BCUT2D eigenvalue weighted by atomic mass is 16.2. The minimum Gasteiger partial charge on any atom is -0.355 e. The van der Waals surface area contributed by atoms with Crippen LogP contribution in [0.25, 0.3) is 0 Å². The van der Waals surface area contributed by atoms with Crippen LogP contribution < -0.4 is 10.6 Å². The van der Waals surface area contributed by atoms with Gasteiger partial charge in [-0.1, -0.05) is 0 Å². The van der Waals surface area contributed by atoms with Crippen LogP contribution in [0.3, 0.4) is 0 Å². The number of nitrogens with one attached hydrogen (secondary N) is 2. The van der Waals surface area contributed by atoms with Crippen molar-refractivity contribution in [3.8, 4) is 0 Å². The van der Waals surface area contributed by atoms with Gasteiger partial charge in [0.1, 0.15) is 0 Å². The fourth-order valence-corrected chi connectivity index (χ4v) is 2.05. The van der Waals surface area contributed by atoms with E-state index in [0.29, 0.717) is 18.9 Å². The third kappa shape index (κ3) is 5.17. The van der Waals surface area contributed by atoms with Gasteiger partial charge in [-0.05, 0) is 38.8 Å². The molecule has 5 nitrogen and oxygen atoms in total. The molecule has 98 valence electrons. The van der Waals surface area contributed by atoms with E-state index in [4.69, 9.17) is 0 Å². The Morgan fingerprint density at radius 3 is 2.59 bits per heavy atom. The second-order valence-corrected chi connectivity index (χ2v) is 4.60. The van der Waals surface area contributed by atoms with Crippen molar-refractivity contribution in [2.45, 2.75) is 26.2 Å². The van der Waals surface area contributed by atoms with Crippen molar-refractivity contribution >= 4 is 11.8 Å². The molecule has 0 aromatic rings. The van der Waals surface area contributed by atoms with Crippen LogP contribution in [-0.4, -0.2) is 49.9 Å². The van der Waals surface area contributed by atoms with E-state index in [-0.39, 0.29) is 18.4 Å². The molecule has 0 aliphatic carbocycles. The number of piperidine rings is 1. The highest BCUT2D eigenvalue weighted by Crippen LogP contribution is 2.16. The van der Waals surface area contributed by atoms with Crippen molar-refractivity contribution in [3.63, 3.8) is 0 Å². The van der Waals surface area contributed by atoms with Crippen LogP contribution in [0.5, 0.6) is 0 Å². The predicted molar refractivity (Wildman–Crippen MR) is 66.5 cm³/mol. The molecule has 1 saturated heterocycles. The molecule has 17 heavy (non-hydrogen) atoms. The Morgan fingerprint density at radius 1 is 1.35 bits per heavy atom. The lowest BCUT2D eigenvalue weighted by Crippen LogP contribution is -2.39. The first-order valence-electron chi connectivity index (χ1n) is 6.34. The van der Waals surface area contributed by atoms with E-state index in [1.54, 1.807) is 7.05 Å². The Morgan fingerprint density at radius 2 is 2.00 bits per heavy atom. The lowest BCUT2D eigenvalue weighted by atomic mass is 9.94. The first kappa shape index (κ1) is 14.0. The molecule has 0 bridgehead atoms.